The number of rotatable bonds is 2. The summed E-state index contributed by atoms with van der Waals surface area (Å²) in [5.74, 6) is 2.27. The first-order chi connectivity index (χ1) is 15.2. The minimum Gasteiger partial charge on any atom is -0.454 e. The van der Waals surface area contributed by atoms with E-state index in [0.717, 1.165) is 66.9 Å². The number of nitrogens with zero attached hydrogens (tertiary/aromatic N) is 3. The van der Waals surface area contributed by atoms with Crippen molar-refractivity contribution in [1.82, 2.24) is 9.80 Å². The molecule has 0 spiro atoms. The third-order valence-electron chi connectivity index (χ3n) is 5.55. The number of thiophene rings is 1. The van der Waals surface area contributed by atoms with E-state index in [0.29, 0.717) is 4.88 Å². The van der Waals surface area contributed by atoms with Gasteiger partial charge in [-0.3, -0.25) is 4.79 Å². The van der Waals surface area contributed by atoms with Gasteiger partial charge in [0.25, 0.3) is 5.91 Å². The van der Waals surface area contributed by atoms with Crippen LogP contribution in [0.5, 0.6) is 11.5 Å². The van der Waals surface area contributed by atoms with Gasteiger partial charge in [0.05, 0.1) is 10.4 Å². The van der Waals surface area contributed by atoms with Crippen LogP contribution in [0.2, 0.25) is 0 Å². The number of amides is 1. The lowest BCUT2D eigenvalue weighted by Crippen LogP contribution is -2.35. The van der Waals surface area contributed by atoms with Crippen molar-refractivity contribution in [1.29, 1.82) is 0 Å². The van der Waals surface area contributed by atoms with Crippen molar-refractivity contribution in [2.75, 3.05) is 38.5 Å². The summed E-state index contributed by atoms with van der Waals surface area (Å²) < 4.78 is 6.25. The Balaban J connectivity index is 1.54. The molecule has 2 aliphatic rings. The molecule has 0 saturated carbocycles. The van der Waals surface area contributed by atoms with Crippen molar-refractivity contribution in [3.05, 3.63) is 70.4 Å². The van der Waals surface area contributed by atoms with Gasteiger partial charge < -0.3 is 19.9 Å². The SMILES string of the molecule is CN1CCCN(C2=Nc3ccccc3Oc3ccc(NC(=O)c4cccs4)cc32)CC1. The van der Waals surface area contributed by atoms with Crippen LogP contribution in [0.4, 0.5) is 11.4 Å². The average molecular weight is 433 g/mol. The Morgan fingerprint density at radius 1 is 1.03 bits per heavy atom. The number of para-hydroxylation sites is 2. The zero-order valence-corrected chi connectivity index (χ0v) is 18.2. The number of fused-ring (bicyclic) bond motifs is 2. The molecule has 2 aromatic carbocycles. The highest BCUT2D eigenvalue weighted by molar-refractivity contribution is 7.12. The molecule has 3 aromatic rings. The van der Waals surface area contributed by atoms with Gasteiger partial charge in [-0.1, -0.05) is 18.2 Å². The van der Waals surface area contributed by atoms with E-state index in [1.807, 2.05) is 60.0 Å². The molecule has 1 aromatic heterocycles. The average Bonchev–Trinajstić information content (AvgIpc) is 3.17. The van der Waals surface area contributed by atoms with Gasteiger partial charge >= 0.3 is 0 Å². The fourth-order valence-corrected chi connectivity index (χ4v) is 4.52. The number of anilines is 1. The van der Waals surface area contributed by atoms with Crippen LogP contribution in [0.25, 0.3) is 0 Å². The van der Waals surface area contributed by atoms with E-state index in [-0.39, 0.29) is 5.91 Å². The number of carbonyl (C=O) groups is 1. The van der Waals surface area contributed by atoms with Crippen molar-refractivity contribution in [3.8, 4) is 11.5 Å². The Morgan fingerprint density at radius 3 is 2.81 bits per heavy atom. The number of aliphatic imine (C=N–C) groups is 1. The molecule has 1 amide bonds. The van der Waals surface area contributed by atoms with Crippen LogP contribution >= 0.6 is 11.3 Å². The van der Waals surface area contributed by atoms with Crippen molar-refractivity contribution < 1.29 is 9.53 Å². The first-order valence-electron chi connectivity index (χ1n) is 10.5. The zero-order valence-electron chi connectivity index (χ0n) is 17.4. The topological polar surface area (TPSA) is 57.2 Å². The molecule has 1 saturated heterocycles. The van der Waals surface area contributed by atoms with Gasteiger partial charge in [0.2, 0.25) is 0 Å². The number of hydrogen-bond donors (Lipinski definition) is 1. The molecule has 7 heteroatoms. The van der Waals surface area contributed by atoms with Crippen LogP contribution in [0.1, 0.15) is 21.7 Å². The highest BCUT2D eigenvalue weighted by Gasteiger charge is 2.25. The fourth-order valence-electron chi connectivity index (χ4n) is 3.90. The summed E-state index contributed by atoms with van der Waals surface area (Å²) in [7, 11) is 2.16. The smallest absolute Gasteiger partial charge is 0.265 e. The van der Waals surface area contributed by atoms with Crippen molar-refractivity contribution >= 4 is 34.5 Å². The number of benzene rings is 2. The minimum absolute atomic E-state index is 0.109. The van der Waals surface area contributed by atoms with Crippen molar-refractivity contribution in [3.63, 3.8) is 0 Å². The predicted octanol–water partition coefficient (Wildman–Crippen LogP) is 4.82. The molecule has 5 rings (SSSR count). The zero-order chi connectivity index (χ0) is 21.2. The van der Waals surface area contributed by atoms with E-state index in [9.17, 15) is 4.79 Å². The monoisotopic (exact) mass is 432 g/mol. The molecule has 6 nitrogen and oxygen atoms in total. The standard InChI is InChI=1S/C24H24N4O2S/c1-27-11-5-12-28(14-13-27)23-18-16-17(25-24(29)22-8-4-15-31-22)9-10-20(18)30-21-7-3-2-6-19(21)26-23/h2-4,6-10,15-16H,5,11-14H2,1H3,(H,25,29). The van der Waals surface area contributed by atoms with Gasteiger partial charge in [0.1, 0.15) is 17.3 Å². The van der Waals surface area contributed by atoms with E-state index in [1.165, 1.54) is 11.3 Å². The molecule has 3 heterocycles. The Labute approximate surface area is 185 Å². The summed E-state index contributed by atoms with van der Waals surface area (Å²) in [5, 5.41) is 4.91. The highest BCUT2D eigenvalue weighted by atomic mass is 32.1. The first-order valence-corrected chi connectivity index (χ1v) is 11.3. The summed E-state index contributed by atoms with van der Waals surface area (Å²) >= 11 is 1.43. The molecule has 1 N–H and O–H groups in total. The number of carbonyl (C=O) groups excluding carboxylic acids is 1. The van der Waals surface area contributed by atoms with Crippen LogP contribution < -0.4 is 10.1 Å². The molecule has 31 heavy (non-hydrogen) atoms. The highest BCUT2D eigenvalue weighted by Crippen LogP contribution is 2.39. The molecule has 0 aliphatic carbocycles. The first kappa shape index (κ1) is 19.8. The van der Waals surface area contributed by atoms with Gasteiger partial charge in [-0.2, -0.15) is 0 Å². The van der Waals surface area contributed by atoms with Gasteiger partial charge in [-0.05, 0) is 61.8 Å². The molecule has 0 atom stereocenters. The van der Waals surface area contributed by atoms with Gasteiger partial charge in [-0.25, -0.2) is 4.99 Å². The molecular formula is C24H24N4O2S. The lowest BCUT2D eigenvalue weighted by molar-refractivity contribution is 0.103. The van der Waals surface area contributed by atoms with E-state index < -0.39 is 0 Å². The molecule has 2 aliphatic heterocycles. The summed E-state index contributed by atoms with van der Waals surface area (Å²) in [5.41, 5.74) is 2.44. The maximum atomic E-state index is 12.6. The van der Waals surface area contributed by atoms with Crippen LogP contribution in [-0.2, 0) is 0 Å². The maximum absolute atomic E-state index is 12.6. The van der Waals surface area contributed by atoms with Gasteiger partial charge in [0.15, 0.2) is 5.75 Å². The maximum Gasteiger partial charge on any atom is 0.265 e. The second-order valence-corrected chi connectivity index (χ2v) is 8.74. The molecule has 0 radical (unpaired) electrons. The normalized spacial score (nSPS) is 16.3. The summed E-state index contributed by atoms with van der Waals surface area (Å²) in [6, 6.07) is 17.3. The lowest BCUT2D eigenvalue weighted by atomic mass is 10.1. The molecular weight excluding hydrogens is 408 g/mol. The third-order valence-corrected chi connectivity index (χ3v) is 6.42. The van der Waals surface area contributed by atoms with Gasteiger partial charge in [-0.15, -0.1) is 11.3 Å². The third kappa shape index (κ3) is 4.19. The van der Waals surface area contributed by atoms with Gasteiger partial charge in [0, 0.05) is 25.3 Å². The summed E-state index contributed by atoms with van der Waals surface area (Å²) in [6.07, 6.45) is 1.07. The van der Waals surface area contributed by atoms with Crippen molar-refractivity contribution in [2.45, 2.75) is 6.42 Å². The number of likely N-dealkylation sites (N-methyl/N-ethyl adjacent to an activating group) is 1. The Hall–Kier alpha value is -3.16. The van der Waals surface area contributed by atoms with Crippen LogP contribution in [0.3, 0.4) is 0 Å². The minimum atomic E-state index is -0.109. The Morgan fingerprint density at radius 2 is 1.94 bits per heavy atom. The quantitative estimate of drug-likeness (QED) is 0.631. The van der Waals surface area contributed by atoms with Crippen LogP contribution in [0, 0.1) is 0 Å². The predicted molar refractivity (Wildman–Crippen MR) is 125 cm³/mol. The lowest BCUT2D eigenvalue weighted by Gasteiger charge is -2.25. The molecule has 0 unspecified atom stereocenters. The molecule has 158 valence electrons. The second kappa shape index (κ2) is 8.53. The number of nitrogens with one attached hydrogen (secondary N) is 1. The molecule has 0 bridgehead atoms. The number of ether oxygens (including phenoxy) is 1. The number of hydrogen-bond acceptors (Lipinski definition) is 6. The largest absolute Gasteiger partial charge is 0.454 e. The Bertz CT molecular complexity index is 1130. The second-order valence-electron chi connectivity index (χ2n) is 7.79. The van der Waals surface area contributed by atoms with E-state index in [4.69, 9.17) is 9.73 Å². The number of amidine groups is 1. The van der Waals surface area contributed by atoms with Crippen LogP contribution in [0.15, 0.2) is 65.0 Å². The van der Waals surface area contributed by atoms with Crippen molar-refractivity contribution in [2.24, 2.45) is 4.99 Å². The fraction of sp³-hybridized carbons (Fsp3) is 0.250. The van der Waals surface area contributed by atoms with E-state index >= 15 is 0 Å². The van der Waals surface area contributed by atoms with Crippen LogP contribution in [-0.4, -0.2) is 54.8 Å². The molecule has 1 fully saturated rings. The van der Waals surface area contributed by atoms with E-state index in [1.54, 1.807) is 0 Å². The Kier molecular flexibility index (Phi) is 5.44. The van der Waals surface area contributed by atoms with E-state index in [2.05, 4.69) is 22.2 Å². The summed E-state index contributed by atoms with van der Waals surface area (Å²) in [4.78, 5) is 23.0. The summed E-state index contributed by atoms with van der Waals surface area (Å²) in [6.45, 7) is 3.87.